The summed E-state index contributed by atoms with van der Waals surface area (Å²) in [5.41, 5.74) is 0.672. The van der Waals surface area contributed by atoms with Crippen molar-refractivity contribution >= 4 is 22.9 Å². The molecule has 1 amide bonds. The molecule has 0 unspecified atom stereocenters. The largest absolute Gasteiger partial charge is 0.418 e. The second kappa shape index (κ2) is 8.05. The van der Waals surface area contributed by atoms with Gasteiger partial charge in [0.1, 0.15) is 18.0 Å². The molecular formula is C18H16F4N4O3. The molecule has 0 aliphatic rings. The van der Waals surface area contributed by atoms with Crippen LogP contribution in [0.15, 0.2) is 36.8 Å². The van der Waals surface area contributed by atoms with E-state index in [0.717, 1.165) is 16.9 Å². The Labute approximate surface area is 161 Å². The van der Waals surface area contributed by atoms with Gasteiger partial charge in [-0.05, 0) is 30.7 Å². The Bertz CT molecular complexity index is 1050. The number of pyridine rings is 1. The topological polar surface area (TPSA) is 87.9 Å². The first-order valence-corrected chi connectivity index (χ1v) is 8.34. The number of rotatable bonds is 6. The first-order chi connectivity index (χ1) is 13.7. The average Bonchev–Trinajstić information content (AvgIpc) is 3.12. The molecule has 0 radical (unpaired) electrons. The zero-order chi connectivity index (χ0) is 21.2. The van der Waals surface area contributed by atoms with Crippen molar-refractivity contribution in [3.63, 3.8) is 0 Å². The number of amides is 1. The molecule has 0 fully saturated rings. The van der Waals surface area contributed by atoms with Gasteiger partial charge in [0, 0.05) is 0 Å². The van der Waals surface area contributed by atoms with Crippen LogP contribution in [-0.4, -0.2) is 33.6 Å². The predicted octanol–water partition coefficient (Wildman–Crippen LogP) is 3.20. The number of fused-ring (bicyclic) bond motifs is 1. The summed E-state index contributed by atoms with van der Waals surface area (Å²) in [7, 11) is 0. The smallest absolute Gasteiger partial charge is 0.394 e. The third kappa shape index (κ3) is 4.30. The second-order valence-electron chi connectivity index (χ2n) is 6.08. The lowest BCUT2D eigenvalue weighted by Gasteiger charge is -2.18. The van der Waals surface area contributed by atoms with Crippen LogP contribution < -0.4 is 10.8 Å². The number of aromatic nitrogens is 2. The number of hydrogen-bond donors (Lipinski definition) is 3. The van der Waals surface area contributed by atoms with Crippen molar-refractivity contribution in [2.24, 2.45) is 0 Å². The van der Waals surface area contributed by atoms with Gasteiger partial charge >= 0.3 is 6.18 Å². The minimum Gasteiger partial charge on any atom is -0.394 e. The van der Waals surface area contributed by atoms with E-state index in [0.29, 0.717) is 11.6 Å². The second-order valence-corrected chi connectivity index (χ2v) is 6.08. The van der Waals surface area contributed by atoms with Crippen LogP contribution in [0, 0.1) is 12.7 Å². The number of aliphatic hydroxyl groups is 1. The maximum absolute atomic E-state index is 14.3. The van der Waals surface area contributed by atoms with Crippen LogP contribution in [0.1, 0.15) is 21.5 Å². The first-order valence-electron chi connectivity index (χ1n) is 8.34. The normalized spacial score (nSPS) is 11.7. The van der Waals surface area contributed by atoms with Gasteiger partial charge in [-0.3, -0.25) is 14.0 Å². The molecule has 0 aliphatic carbocycles. The number of hydrogen-bond acceptors (Lipinski definition) is 5. The van der Waals surface area contributed by atoms with Gasteiger partial charge in [0.05, 0.1) is 41.7 Å². The van der Waals surface area contributed by atoms with E-state index in [1.54, 1.807) is 13.0 Å². The van der Waals surface area contributed by atoms with E-state index in [-0.39, 0.29) is 23.6 Å². The molecule has 3 rings (SSSR count). The number of hydroxylamine groups is 1. The van der Waals surface area contributed by atoms with Crippen molar-refractivity contribution in [3.05, 3.63) is 59.3 Å². The maximum Gasteiger partial charge on any atom is 0.418 e. The highest BCUT2D eigenvalue weighted by Gasteiger charge is 2.35. The summed E-state index contributed by atoms with van der Waals surface area (Å²) in [4.78, 5) is 20.9. The Hall–Kier alpha value is -3.18. The van der Waals surface area contributed by atoms with Gasteiger partial charge in [0.15, 0.2) is 0 Å². The van der Waals surface area contributed by atoms with E-state index in [9.17, 15) is 22.4 Å². The minimum absolute atomic E-state index is 0.0457. The Kier molecular flexibility index (Phi) is 5.71. The highest BCUT2D eigenvalue weighted by atomic mass is 19.4. The van der Waals surface area contributed by atoms with Gasteiger partial charge in [-0.1, -0.05) is 6.07 Å². The summed E-state index contributed by atoms with van der Waals surface area (Å²) in [5.74, 6) is -1.81. The molecule has 0 atom stereocenters. The number of halogens is 4. The molecule has 0 saturated heterocycles. The fourth-order valence-corrected chi connectivity index (χ4v) is 2.68. The molecule has 7 nitrogen and oxygen atoms in total. The van der Waals surface area contributed by atoms with Gasteiger partial charge in [0.2, 0.25) is 0 Å². The number of aryl methyl sites for hydroxylation is 1. The summed E-state index contributed by atoms with van der Waals surface area (Å²) in [5, 5.41) is 11.4. The number of benzene rings is 1. The van der Waals surface area contributed by atoms with Crippen LogP contribution in [0.25, 0.3) is 5.52 Å². The molecule has 3 aromatic rings. The molecule has 3 N–H and O–H groups in total. The van der Waals surface area contributed by atoms with Crippen molar-refractivity contribution in [2.45, 2.75) is 13.1 Å². The van der Waals surface area contributed by atoms with Crippen LogP contribution in [0.4, 0.5) is 29.1 Å². The third-order valence-corrected chi connectivity index (χ3v) is 3.99. The monoisotopic (exact) mass is 412 g/mol. The predicted molar refractivity (Wildman–Crippen MR) is 95.1 cm³/mol. The van der Waals surface area contributed by atoms with Crippen molar-refractivity contribution < 1.29 is 32.3 Å². The third-order valence-electron chi connectivity index (χ3n) is 3.99. The van der Waals surface area contributed by atoms with E-state index in [2.05, 4.69) is 10.3 Å². The Morgan fingerprint density at radius 1 is 1.31 bits per heavy atom. The maximum atomic E-state index is 14.3. The van der Waals surface area contributed by atoms with E-state index in [4.69, 9.17) is 9.94 Å². The number of carbonyl (C=O) groups is 1. The highest BCUT2D eigenvalue weighted by Crippen LogP contribution is 2.36. The van der Waals surface area contributed by atoms with Crippen molar-refractivity contribution in [3.8, 4) is 0 Å². The number of imidazole rings is 1. The quantitative estimate of drug-likeness (QED) is 0.329. The summed E-state index contributed by atoms with van der Waals surface area (Å²) in [6, 6.07) is 4.87. The Morgan fingerprint density at radius 3 is 2.72 bits per heavy atom. The molecule has 2 heterocycles. The standard InChI is InChI=1S/C18H16F4N4O3/c1-10-2-3-14(13(19)6-10)24-16-11(17(28)25-29-5-4-27)7-12(18(20,21)22)15-8-23-9-26(15)16/h2-3,6-9,24,27H,4-5H2,1H3,(H,25,28). The number of alkyl halides is 3. The first kappa shape index (κ1) is 20.6. The number of nitrogens with zero attached hydrogens (tertiary/aromatic N) is 2. The van der Waals surface area contributed by atoms with Gasteiger partial charge in [0.25, 0.3) is 5.91 Å². The summed E-state index contributed by atoms with van der Waals surface area (Å²) in [6.07, 6.45) is -2.70. The zero-order valence-electron chi connectivity index (χ0n) is 15.0. The van der Waals surface area contributed by atoms with E-state index >= 15 is 0 Å². The number of nitrogens with one attached hydrogen (secondary N) is 2. The fourth-order valence-electron chi connectivity index (χ4n) is 2.68. The molecule has 0 spiro atoms. The SMILES string of the molecule is Cc1ccc(Nc2c(C(=O)NOCCO)cc(C(F)(F)F)c3cncn23)c(F)c1. The van der Waals surface area contributed by atoms with Crippen LogP contribution in [0.3, 0.4) is 0 Å². The van der Waals surface area contributed by atoms with E-state index in [1.807, 2.05) is 5.48 Å². The lowest BCUT2D eigenvalue weighted by Crippen LogP contribution is -2.27. The lowest BCUT2D eigenvalue weighted by atomic mass is 10.1. The highest BCUT2D eigenvalue weighted by molar-refractivity contribution is 6.00. The van der Waals surface area contributed by atoms with Crippen LogP contribution in [0.5, 0.6) is 0 Å². The molecule has 154 valence electrons. The summed E-state index contributed by atoms with van der Waals surface area (Å²) >= 11 is 0. The van der Waals surface area contributed by atoms with Gasteiger partial charge in [-0.15, -0.1) is 0 Å². The summed E-state index contributed by atoms with van der Waals surface area (Å²) in [6.45, 7) is 1.01. The zero-order valence-corrected chi connectivity index (χ0v) is 15.0. The van der Waals surface area contributed by atoms with E-state index < -0.39 is 35.6 Å². The van der Waals surface area contributed by atoms with Crippen LogP contribution in [0.2, 0.25) is 0 Å². The Balaban J connectivity index is 2.16. The minimum atomic E-state index is -4.77. The molecule has 0 bridgehead atoms. The molecule has 1 aromatic carbocycles. The number of carbonyl (C=O) groups excluding carboxylic acids is 1. The fraction of sp³-hybridized carbons (Fsp3) is 0.222. The van der Waals surface area contributed by atoms with Crippen molar-refractivity contribution in [2.75, 3.05) is 18.5 Å². The number of anilines is 2. The lowest BCUT2D eigenvalue weighted by molar-refractivity contribution is -0.136. The van der Waals surface area contributed by atoms with Crippen LogP contribution >= 0.6 is 0 Å². The molecule has 0 aliphatic heterocycles. The van der Waals surface area contributed by atoms with Crippen LogP contribution in [-0.2, 0) is 11.0 Å². The molecule has 0 saturated carbocycles. The van der Waals surface area contributed by atoms with Gasteiger partial charge < -0.3 is 10.4 Å². The van der Waals surface area contributed by atoms with E-state index in [1.165, 1.54) is 12.1 Å². The molecule has 11 heteroatoms. The molecule has 2 aromatic heterocycles. The van der Waals surface area contributed by atoms with Gasteiger partial charge in [-0.2, -0.15) is 13.2 Å². The van der Waals surface area contributed by atoms with Gasteiger partial charge in [-0.25, -0.2) is 14.9 Å². The molecular weight excluding hydrogens is 396 g/mol. The Morgan fingerprint density at radius 2 is 2.07 bits per heavy atom. The van der Waals surface area contributed by atoms with Crippen molar-refractivity contribution in [1.29, 1.82) is 0 Å². The number of aliphatic hydroxyl groups excluding tert-OH is 1. The van der Waals surface area contributed by atoms with Crippen molar-refractivity contribution in [1.82, 2.24) is 14.9 Å². The summed E-state index contributed by atoms with van der Waals surface area (Å²) < 4.78 is 55.8. The molecule has 29 heavy (non-hydrogen) atoms. The average molecular weight is 412 g/mol.